The van der Waals surface area contributed by atoms with E-state index < -0.39 is 8.80 Å². The molecule has 0 rings (SSSR count). The monoisotopic (exact) mass is 453 g/mol. The van der Waals surface area contributed by atoms with Crippen LogP contribution in [0.5, 0.6) is 0 Å². The number of hydrogen-bond acceptors (Lipinski definition) is 6. The molecule has 0 saturated heterocycles. The molecule has 0 atom stereocenters. The lowest BCUT2D eigenvalue weighted by Gasteiger charge is -2.32. The fraction of sp³-hybridized carbons (Fsp3) is 1.00. The van der Waals surface area contributed by atoms with E-state index >= 15 is 0 Å². The average molecular weight is 454 g/mol. The maximum absolute atomic E-state index is 6.42. The van der Waals surface area contributed by atoms with E-state index in [0.29, 0.717) is 25.7 Å². The van der Waals surface area contributed by atoms with E-state index in [1.807, 2.05) is 0 Å². The van der Waals surface area contributed by atoms with Gasteiger partial charge in [0.2, 0.25) is 0 Å². The molecule has 0 aliphatic carbocycles. The molecule has 0 radical (unpaired) electrons. The Kier molecular flexibility index (Phi) is 19.2. The molecule has 0 fully saturated rings. The van der Waals surface area contributed by atoms with Crippen LogP contribution >= 0.6 is 11.6 Å². The second-order valence-electron chi connectivity index (χ2n) is 7.10. The van der Waals surface area contributed by atoms with Gasteiger partial charge < -0.3 is 28.0 Å². The molecule has 0 saturated carbocycles. The molecule has 0 aromatic carbocycles. The fourth-order valence-electron chi connectivity index (χ4n) is 3.24. The zero-order chi connectivity index (χ0) is 22.0. The van der Waals surface area contributed by atoms with Gasteiger partial charge in [-0.15, -0.1) is 11.6 Å². The Labute approximate surface area is 187 Å². The lowest BCUT2D eigenvalue weighted by atomic mass is 10.5. The third kappa shape index (κ3) is 13.3. The minimum atomic E-state index is -2.76. The van der Waals surface area contributed by atoms with Crippen LogP contribution in [0.2, 0.25) is 6.04 Å². The van der Waals surface area contributed by atoms with E-state index in [-0.39, 0.29) is 0 Å². The largest absolute Gasteiger partial charge is 0.501 e. The molecular formula is C21H48ClN3O3Si. The van der Waals surface area contributed by atoms with Crippen LogP contribution in [0.4, 0.5) is 0 Å². The number of hydrogen-bond donors (Lipinski definition) is 0. The van der Waals surface area contributed by atoms with Crippen molar-refractivity contribution >= 4 is 20.4 Å². The van der Waals surface area contributed by atoms with Crippen molar-refractivity contribution in [2.45, 2.75) is 54.0 Å². The van der Waals surface area contributed by atoms with Crippen LogP contribution in [0, 0.1) is 0 Å². The zero-order valence-electron chi connectivity index (χ0n) is 20.1. The van der Waals surface area contributed by atoms with E-state index in [1.165, 1.54) is 0 Å². The highest BCUT2D eigenvalue weighted by Crippen LogP contribution is 2.19. The van der Waals surface area contributed by atoms with Gasteiger partial charge in [-0.1, -0.05) is 41.5 Å². The molecule has 6 nitrogen and oxygen atoms in total. The van der Waals surface area contributed by atoms with Crippen molar-refractivity contribution in [1.29, 1.82) is 0 Å². The zero-order valence-corrected chi connectivity index (χ0v) is 21.8. The summed E-state index contributed by atoms with van der Waals surface area (Å²) in [5, 5.41) is 0. The van der Waals surface area contributed by atoms with Crippen LogP contribution in [-0.4, -0.2) is 108 Å². The van der Waals surface area contributed by atoms with E-state index in [4.69, 9.17) is 24.9 Å². The molecule has 176 valence electrons. The van der Waals surface area contributed by atoms with Gasteiger partial charge in [-0.3, -0.25) is 0 Å². The Morgan fingerprint density at radius 2 is 0.897 bits per heavy atom. The van der Waals surface area contributed by atoms with E-state index in [0.717, 1.165) is 71.4 Å². The second kappa shape index (κ2) is 19.0. The normalized spacial score (nSPS) is 12.6. The second-order valence-corrected chi connectivity index (χ2v) is 10.2. The number of halogens is 1. The van der Waals surface area contributed by atoms with Gasteiger partial charge in [-0.05, 0) is 45.7 Å². The summed E-state index contributed by atoms with van der Waals surface area (Å²) < 4.78 is 19.3. The van der Waals surface area contributed by atoms with Crippen LogP contribution in [0.1, 0.15) is 48.0 Å². The first kappa shape index (κ1) is 29.3. The summed E-state index contributed by atoms with van der Waals surface area (Å²) in [6.45, 7) is 23.9. The van der Waals surface area contributed by atoms with E-state index in [1.54, 1.807) is 0 Å². The molecule has 29 heavy (non-hydrogen) atoms. The van der Waals surface area contributed by atoms with Gasteiger partial charge in [0.05, 0.1) is 19.8 Å². The highest BCUT2D eigenvalue weighted by Gasteiger charge is 2.41. The van der Waals surface area contributed by atoms with Gasteiger partial charge >= 0.3 is 8.80 Å². The Morgan fingerprint density at radius 1 is 0.586 bits per heavy atom. The van der Waals surface area contributed by atoms with Crippen LogP contribution in [0.25, 0.3) is 0 Å². The smallest absolute Gasteiger partial charge is 0.372 e. The maximum atomic E-state index is 6.42. The van der Waals surface area contributed by atoms with Crippen LogP contribution in [-0.2, 0) is 13.3 Å². The number of likely N-dealkylation sites (N-methyl/N-ethyl adjacent to an activating group) is 3. The predicted octanol–water partition coefficient (Wildman–Crippen LogP) is 3.63. The Bertz CT molecular complexity index is 313. The van der Waals surface area contributed by atoms with Gasteiger partial charge in [0.1, 0.15) is 0 Å². The molecule has 0 heterocycles. The highest BCUT2D eigenvalue weighted by molar-refractivity contribution is 6.60. The van der Waals surface area contributed by atoms with Crippen molar-refractivity contribution < 1.29 is 13.3 Å². The minimum Gasteiger partial charge on any atom is -0.372 e. The summed E-state index contributed by atoms with van der Waals surface area (Å²) in [6, 6.07) is 0.783. The third-order valence-electron chi connectivity index (χ3n) is 5.49. The first-order valence-corrected chi connectivity index (χ1v) is 14.2. The minimum absolute atomic E-state index is 0.604. The topological polar surface area (TPSA) is 37.4 Å². The van der Waals surface area contributed by atoms with E-state index in [2.05, 4.69) is 56.2 Å². The highest BCUT2D eigenvalue weighted by atomic mass is 35.5. The molecule has 0 aromatic rings. The predicted molar refractivity (Wildman–Crippen MR) is 127 cm³/mol. The number of rotatable bonds is 21. The van der Waals surface area contributed by atoms with Gasteiger partial charge in [-0.2, -0.15) is 0 Å². The summed E-state index contributed by atoms with van der Waals surface area (Å²) in [7, 11) is -2.76. The van der Waals surface area contributed by atoms with Crippen molar-refractivity contribution in [2.24, 2.45) is 0 Å². The summed E-state index contributed by atoms with van der Waals surface area (Å²) >= 11 is 6.03. The molecule has 0 spiro atoms. The molecule has 0 bridgehead atoms. The first-order chi connectivity index (χ1) is 14.0. The molecule has 0 unspecified atom stereocenters. The molecule has 8 heteroatoms. The van der Waals surface area contributed by atoms with Gasteiger partial charge in [0.25, 0.3) is 0 Å². The lowest BCUT2D eigenvalue weighted by Crippen LogP contribution is -2.50. The standard InChI is InChI=1S/C21H48ClN3O3Si/c1-7-23(8-2)15-18-26-29(21-13-14-22,27-19-16-24(9-3)10-4)28-20-17-25(11-5)12-6/h7-21H2,1-6H3. The van der Waals surface area contributed by atoms with Gasteiger partial charge in [-0.25, -0.2) is 0 Å². The van der Waals surface area contributed by atoms with Crippen molar-refractivity contribution in [3.8, 4) is 0 Å². The van der Waals surface area contributed by atoms with Crippen LogP contribution in [0.15, 0.2) is 0 Å². The Morgan fingerprint density at radius 3 is 1.14 bits per heavy atom. The van der Waals surface area contributed by atoms with E-state index in [9.17, 15) is 0 Å². The molecular weight excluding hydrogens is 406 g/mol. The number of nitrogens with zero attached hydrogens (tertiary/aromatic N) is 3. The van der Waals surface area contributed by atoms with Crippen molar-refractivity contribution in [3.63, 3.8) is 0 Å². The van der Waals surface area contributed by atoms with Gasteiger partial charge in [0, 0.05) is 31.6 Å². The fourth-order valence-corrected chi connectivity index (χ4v) is 6.09. The molecule has 0 N–H and O–H groups in total. The SMILES string of the molecule is CCN(CC)CCO[Si](CCCCl)(OCCN(CC)CC)OCCN(CC)CC. The molecule has 0 amide bonds. The average Bonchev–Trinajstić information content (AvgIpc) is 2.75. The molecule has 0 aliphatic rings. The summed E-state index contributed by atoms with van der Waals surface area (Å²) in [5.41, 5.74) is 0. The van der Waals surface area contributed by atoms with Crippen molar-refractivity contribution in [1.82, 2.24) is 14.7 Å². The molecule has 0 aromatic heterocycles. The summed E-state index contributed by atoms with van der Waals surface area (Å²) in [6.07, 6.45) is 0.857. The van der Waals surface area contributed by atoms with Gasteiger partial charge in [0.15, 0.2) is 0 Å². The van der Waals surface area contributed by atoms with Crippen LogP contribution < -0.4 is 0 Å². The lowest BCUT2D eigenvalue weighted by molar-refractivity contribution is 0.0404. The van der Waals surface area contributed by atoms with Crippen molar-refractivity contribution in [2.75, 3.05) is 84.6 Å². The van der Waals surface area contributed by atoms with Crippen molar-refractivity contribution in [3.05, 3.63) is 0 Å². The first-order valence-electron chi connectivity index (χ1n) is 11.7. The summed E-state index contributed by atoms with van der Waals surface area (Å²) in [4.78, 5) is 7.10. The van der Waals surface area contributed by atoms with Crippen LogP contribution in [0.3, 0.4) is 0 Å². The quantitative estimate of drug-likeness (QED) is 0.195. The summed E-state index contributed by atoms with van der Waals surface area (Å²) in [5.74, 6) is 0.604. The Hall–Kier alpha value is 0.267. The Balaban J connectivity index is 5.02. The number of alkyl halides is 1. The maximum Gasteiger partial charge on any atom is 0.501 e. The molecule has 0 aliphatic heterocycles. The third-order valence-corrected chi connectivity index (χ3v) is 8.65.